The van der Waals surface area contributed by atoms with Gasteiger partial charge in [0.2, 0.25) is 0 Å². The minimum atomic E-state index is -0.523. The SMILES string of the molecule is Cc1nn(C)c2sc(C(=O)OCC(=O)N(C)Cc3ccc(-c4ccc(Cl)cc4)o3)cc12. The highest BCUT2D eigenvalue weighted by Gasteiger charge is 2.19. The molecule has 4 aromatic rings. The van der Waals surface area contributed by atoms with Crippen LogP contribution in [0.15, 0.2) is 46.9 Å². The average Bonchev–Trinajstić information content (AvgIpc) is 3.45. The molecule has 4 rings (SSSR count). The Balaban J connectivity index is 1.33. The van der Waals surface area contributed by atoms with Crippen molar-refractivity contribution >= 4 is 45.0 Å². The van der Waals surface area contributed by atoms with Crippen molar-refractivity contribution in [3.63, 3.8) is 0 Å². The molecule has 160 valence electrons. The maximum Gasteiger partial charge on any atom is 0.348 e. The summed E-state index contributed by atoms with van der Waals surface area (Å²) in [5, 5.41) is 5.88. The number of aryl methyl sites for hydroxylation is 2. The van der Waals surface area contributed by atoms with Crippen molar-refractivity contribution in [2.45, 2.75) is 13.5 Å². The zero-order chi connectivity index (χ0) is 22.1. The summed E-state index contributed by atoms with van der Waals surface area (Å²) >= 11 is 7.21. The number of hydrogen-bond donors (Lipinski definition) is 0. The first kappa shape index (κ1) is 21.1. The molecule has 0 spiro atoms. The van der Waals surface area contributed by atoms with Gasteiger partial charge < -0.3 is 14.1 Å². The Labute approximate surface area is 187 Å². The summed E-state index contributed by atoms with van der Waals surface area (Å²) in [6.07, 6.45) is 0. The Kier molecular flexibility index (Phi) is 5.84. The van der Waals surface area contributed by atoms with E-state index >= 15 is 0 Å². The van der Waals surface area contributed by atoms with Gasteiger partial charge in [0.25, 0.3) is 5.91 Å². The number of nitrogens with zero attached hydrogens (tertiary/aromatic N) is 3. The van der Waals surface area contributed by atoms with Crippen molar-refractivity contribution in [1.29, 1.82) is 0 Å². The summed E-state index contributed by atoms with van der Waals surface area (Å²) < 4.78 is 12.8. The Hall–Kier alpha value is -3.10. The van der Waals surface area contributed by atoms with Gasteiger partial charge in [-0.3, -0.25) is 9.48 Å². The molecule has 31 heavy (non-hydrogen) atoms. The van der Waals surface area contributed by atoms with Gasteiger partial charge in [0.1, 0.15) is 21.2 Å². The number of carbonyl (C=O) groups is 2. The van der Waals surface area contributed by atoms with E-state index in [4.69, 9.17) is 20.8 Å². The maximum atomic E-state index is 12.4. The Bertz CT molecular complexity index is 1220. The van der Waals surface area contributed by atoms with E-state index in [1.165, 1.54) is 16.2 Å². The minimum Gasteiger partial charge on any atom is -0.459 e. The number of furan rings is 1. The lowest BCUT2D eigenvalue weighted by molar-refractivity contribution is -0.133. The maximum absolute atomic E-state index is 12.4. The molecule has 7 nitrogen and oxygen atoms in total. The lowest BCUT2D eigenvalue weighted by Crippen LogP contribution is -2.30. The van der Waals surface area contributed by atoms with Gasteiger partial charge >= 0.3 is 5.97 Å². The van der Waals surface area contributed by atoms with Gasteiger partial charge in [-0.05, 0) is 49.4 Å². The van der Waals surface area contributed by atoms with E-state index in [1.54, 1.807) is 29.9 Å². The molecule has 0 aliphatic carbocycles. The van der Waals surface area contributed by atoms with Crippen LogP contribution in [0.3, 0.4) is 0 Å². The molecule has 0 N–H and O–H groups in total. The van der Waals surface area contributed by atoms with Crippen LogP contribution >= 0.6 is 22.9 Å². The van der Waals surface area contributed by atoms with Crippen LogP contribution in [-0.2, 0) is 23.1 Å². The molecule has 1 amide bonds. The summed E-state index contributed by atoms with van der Waals surface area (Å²) in [7, 11) is 3.46. The third-order valence-electron chi connectivity index (χ3n) is 4.83. The van der Waals surface area contributed by atoms with Crippen LogP contribution < -0.4 is 0 Å². The van der Waals surface area contributed by atoms with Crippen LogP contribution in [0.25, 0.3) is 21.5 Å². The van der Waals surface area contributed by atoms with Crippen molar-refractivity contribution in [2.75, 3.05) is 13.7 Å². The van der Waals surface area contributed by atoms with Crippen LogP contribution in [0.1, 0.15) is 21.1 Å². The molecule has 0 aliphatic rings. The van der Waals surface area contributed by atoms with Crippen LogP contribution in [0.4, 0.5) is 0 Å². The van der Waals surface area contributed by atoms with Crippen LogP contribution in [0.2, 0.25) is 5.02 Å². The number of benzene rings is 1. The number of esters is 1. The van der Waals surface area contributed by atoms with Crippen LogP contribution in [-0.4, -0.2) is 40.2 Å². The Morgan fingerprint density at radius 2 is 1.97 bits per heavy atom. The first-order chi connectivity index (χ1) is 14.8. The van der Waals surface area contributed by atoms with Gasteiger partial charge in [-0.15, -0.1) is 11.3 Å². The topological polar surface area (TPSA) is 77.6 Å². The summed E-state index contributed by atoms with van der Waals surface area (Å²) in [4.78, 5) is 27.6. The van der Waals surface area contributed by atoms with E-state index < -0.39 is 5.97 Å². The summed E-state index contributed by atoms with van der Waals surface area (Å²) in [5.74, 6) is 0.468. The molecule has 0 fully saturated rings. The van der Waals surface area contributed by atoms with Crippen LogP contribution in [0, 0.1) is 6.92 Å². The van der Waals surface area contributed by atoms with Gasteiger partial charge in [-0.25, -0.2) is 4.79 Å². The predicted octanol–water partition coefficient (Wildman–Crippen LogP) is 4.67. The fourth-order valence-electron chi connectivity index (χ4n) is 3.17. The molecule has 1 aromatic carbocycles. The zero-order valence-corrected chi connectivity index (χ0v) is 18.8. The number of fused-ring (bicyclic) bond motifs is 1. The van der Waals surface area contributed by atoms with Gasteiger partial charge in [-0.1, -0.05) is 11.6 Å². The molecule has 0 bridgehead atoms. The standard InChI is InChI=1S/C22H20ClN3O4S/c1-13-17-10-19(31-21(17)26(3)24-13)22(28)29-12-20(27)25(2)11-16-8-9-18(30-16)14-4-6-15(23)7-5-14/h4-10H,11-12H2,1-3H3. The fourth-order valence-corrected chi connectivity index (χ4v) is 4.31. The van der Waals surface area contributed by atoms with Crippen molar-refractivity contribution in [1.82, 2.24) is 14.7 Å². The van der Waals surface area contributed by atoms with Gasteiger partial charge in [-0.2, -0.15) is 5.10 Å². The lowest BCUT2D eigenvalue weighted by Gasteiger charge is -2.15. The molecule has 9 heteroatoms. The molecule has 0 radical (unpaired) electrons. The molecule has 0 saturated carbocycles. The normalized spacial score (nSPS) is 11.1. The third-order valence-corrected chi connectivity index (χ3v) is 6.27. The number of carbonyl (C=O) groups excluding carboxylic acids is 2. The largest absolute Gasteiger partial charge is 0.459 e. The van der Waals surface area contributed by atoms with Crippen molar-refractivity contribution in [2.24, 2.45) is 7.05 Å². The number of rotatable bonds is 6. The fraction of sp³-hybridized carbons (Fsp3) is 0.227. The smallest absolute Gasteiger partial charge is 0.348 e. The zero-order valence-electron chi connectivity index (χ0n) is 17.2. The average molecular weight is 458 g/mol. The second kappa shape index (κ2) is 8.56. The molecule has 0 unspecified atom stereocenters. The van der Waals surface area contributed by atoms with Gasteiger partial charge in [0.05, 0.1) is 12.2 Å². The van der Waals surface area contributed by atoms with Gasteiger partial charge in [0.15, 0.2) is 6.61 Å². The second-order valence-corrected chi connectivity index (χ2v) is 8.60. The monoisotopic (exact) mass is 457 g/mol. The number of hydrogen-bond acceptors (Lipinski definition) is 6. The number of amides is 1. The van der Waals surface area contributed by atoms with E-state index in [0.29, 0.717) is 21.4 Å². The number of aromatic nitrogens is 2. The molecule has 0 saturated heterocycles. The minimum absolute atomic E-state index is 0.262. The first-order valence-corrected chi connectivity index (χ1v) is 10.7. The van der Waals surface area contributed by atoms with Crippen molar-refractivity contribution in [3.8, 4) is 11.3 Å². The number of thiophene rings is 1. The van der Waals surface area contributed by atoms with E-state index in [1.807, 2.05) is 38.2 Å². The summed E-state index contributed by atoms with van der Waals surface area (Å²) in [6, 6.07) is 12.7. The number of ether oxygens (including phenoxy) is 1. The van der Waals surface area contributed by atoms with Crippen LogP contribution in [0.5, 0.6) is 0 Å². The molecule has 0 atom stereocenters. The quantitative estimate of drug-likeness (QED) is 0.393. The van der Waals surface area contributed by atoms with E-state index in [9.17, 15) is 9.59 Å². The Morgan fingerprint density at radius 1 is 1.23 bits per heavy atom. The summed E-state index contributed by atoms with van der Waals surface area (Å²) in [6.45, 7) is 1.80. The highest BCUT2D eigenvalue weighted by atomic mass is 35.5. The predicted molar refractivity (Wildman–Crippen MR) is 119 cm³/mol. The van der Waals surface area contributed by atoms with Gasteiger partial charge in [0, 0.05) is 30.1 Å². The van der Waals surface area contributed by atoms with E-state index in [-0.39, 0.29) is 19.1 Å². The van der Waals surface area contributed by atoms with E-state index in [2.05, 4.69) is 5.10 Å². The highest BCUT2D eigenvalue weighted by molar-refractivity contribution is 7.20. The summed E-state index contributed by atoms with van der Waals surface area (Å²) in [5.41, 5.74) is 1.74. The van der Waals surface area contributed by atoms with E-state index in [0.717, 1.165) is 21.5 Å². The van der Waals surface area contributed by atoms with Crippen molar-refractivity contribution < 1.29 is 18.7 Å². The molecule has 0 aliphatic heterocycles. The molecule has 3 aromatic heterocycles. The second-order valence-electron chi connectivity index (χ2n) is 7.14. The number of likely N-dealkylation sites (N-methyl/N-ethyl adjacent to an activating group) is 1. The number of halogens is 1. The Morgan fingerprint density at radius 3 is 2.68 bits per heavy atom. The molecule has 3 heterocycles. The van der Waals surface area contributed by atoms with Crippen molar-refractivity contribution in [3.05, 3.63) is 63.8 Å². The first-order valence-electron chi connectivity index (χ1n) is 9.50. The molecular formula is C22H20ClN3O4S. The molecular weight excluding hydrogens is 438 g/mol. The lowest BCUT2D eigenvalue weighted by atomic mass is 10.2. The third kappa shape index (κ3) is 4.50. The highest BCUT2D eigenvalue weighted by Crippen LogP contribution is 2.28.